The van der Waals surface area contributed by atoms with Gasteiger partial charge in [0, 0.05) is 11.3 Å². The van der Waals surface area contributed by atoms with Gasteiger partial charge in [-0.15, -0.1) is 11.3 Å². The first-order valence-corrected chi connectivity index (χ1v) is 10.3. The molecule has 0 aliphatic rings. The summed E-state index contributed by atoms with van der Waals surface area (Å²) in [6, 6.07) is 19.2. The molecule has 2 aromatic carbocycles. The topological polar surface area (TPSA) is 45.7 Å². The first kappa shape index (κ1) is 19.3. The van der Waals surface area contributed by atoms with Gasteiger partial charge in [0.1, 0.15) is 6.04 Å². The molecule has 3 aromatic rings. The molecule has 27 heavy (non-hydrogen) atoms. The molecule has 0 bridgehead atoms. The Balaban J connectivity index is 1.70. The van der Waals surface area contributed by atoms with Crippen molar-refractivity contribution in [3.8, 4) is 0 Å². The maximum Gasteiger partial charge on any atom is 0.279 e. The molecule has 1 amide bonds. The molecule has 3 nitrogen and oxygen atoms in total. The molecule has 0 aliphatic heterocycles. The fraction of sp³-hybridized carbons (Fsp3) is 0.261. The number of carbonyl (C=O) groups excluding carboxylic acids is 1. The normalized spacial score (nSPS) is 12.0. The third kappa shape index (κ3) is 5.06. The van der Waals surface area contributed by atoms with Crippen LogP contribution in [0.5, 0.6) is 0 Å². The molecule has 1 heterocycles. The van der Waals surface area contributed by atoms with E-state index < -0.39 is 0 Å². The molecular formula is C23H27N2OS+. The van der Waals surface area contributed by atoms with Gasteiger partial charge in [-0.05, 0) is 48.9 Å². The lowest BCUT2D eigenvalue weighted by Crippen LogP contribution is -2.87. The zero-order valence-corrected chi connectivity index (χ0v) is 17.0. The summed E-state index contributed by atoms with van der Waals surface area (Å²) in [6.45, 7) is 6.62. The molecule has 0 saturated heterocycles. The third-order valence-electron chi connectivity index (χ3n) is 4.79. The van der Waals surface area contributed by atoms with Crippen molar-refractivity contribution in [3.63, 3.8) is 0 Å². The van der Waals surface area contributed by atoms with Gasteiger partial charge < -0.3 is 10.6 Å². The summed E-state index contributed by atoms with van der Waals surface area (Å²) in [5.41, 5.74) is 5.74. The monoisotopic (exact) mass is 379 g/mol. The summed E-state index contributed by atoms with van der Waals surface area (Å²) in [5, 5.41) is 7.25. The maximum absolute atomic E-state index is 12.5. The lowest BCUT2D eigenvalue weighted by atomic mass is 10.0. The first-order chi connectivity index (χ1) is 13.1. The second-order valence-electron chi connectivity index (χ2n) is 6.89. The molecule has 3 N–H and O–H groups in total. The van der Waals surface area contributed by atoms with Crippen molar-refractivity contribution >= 4 is 22.9 Å². The third-order valence-corrected chi connectivity index (χ3v) is 5.75. The Labute approximate surface area is 165 Å². The highest BCUT2D eigenvalue weighted by atomic mass is 32.1. The van der Waals surface area contributed by atoms with Gasteiger partial charge in [-0.2, -0.15) is 0 Å². The number of rotatable bonds is 7. The van der Waals surface area contributed by atoms with Gasteiger partial charge in [-0.3, -0.25) is 4.79 Å². The first-order valence-electron chi connectivity index (χ1n) is 9.39. The SMILES string of the molecule is CCc1ccc([C@H]([NH2+]CC(=O)Nc2ccc(C)cc2C)c2cccs2)cc1. The Morgan fingerprint density at radius 3 is 2.52 bits per heavy atom. The number of thiophene rings is 1. The molecule has 3 rings (SSSR count). The van der Waals surface area contributed by atoms with E-state index in [-0.39, 0.29) is 11.9 Å². The van der Waals surface area contributed by atoms with Crippen molar-refractivity contribution in [2.45, 2.75) is 33.2 Å². The number of aryl methyl sites for hydroxylation is 3. The average molecular weight is 380 g/mol. The van der Waals surface area contributed by atoms with Crippen molar-refractivity contribution in [1.82, 2.24) is 0 Å². The van der Waals surface area contributed by atoms with Crippen LogP contribution in [-0.2, 0) is 11.2 Å². The summed E-state index contributed by atoms with van der Waals surface area (Å²) >= 11 is 1.73. The molecule has 0 unspecified atom stereocenters. The number of quaternary nitrogens is 1. The van der Waals surface area contributed by atoms with Gasteiger partial charge in [0.05, 0.1) is 4.88 Å². The number of hydrogen-bond acceptors (Lipinski definition) is 2. The van der Waals surface area contributed by atoms with Crippen molar-refractivity contribution in [2.24, 2.45) is 0 Å². The van der Waals surface area contributed by atoms with Gasteiger partial charge in [0.25, 0.3) is 5.91 Å². The van der Waals surface area contributed by atoms with Crippen molar-refractivity contribution in [1.29, 1.82) is 0 Å². The van der Waals surface area contributed by atoms with E-state index in [1.165, 1.54) is 21.6 Å². The Morgan fingerprint density at radius 2 is 1.89 bits per heavy atom. The summed E-state index contributed by atoms with van der Waals surface area (Å²) < 4.78 is 0. The van der Waals surface area contributed by atoms with Crippen LogP contribution in [0, 0.1) is 13.8 Å². The lowest BCUT2D eigenvalue weighted by molar-refractivity contribution is -0.675. The van der Waals surface area contributed by atoms with E-state index in [4.69, 9.17) is 0 Å². The standard InChI is InChI=1S/C23H26N2OS/c1-4-18-8-10-19(11-9-18)23(21-6-5-13-27-21)24-15-22(26)25-20-12-7-16(2)14-17(20)3/h5-14,23-24H,4,15H2,1-3H3,(H,25,26)/p+1/t23-/m0/s1. The van der Waals surface area contributed by atoms with Gasteiger partial charge >= 0.3 is 0 Å². The van der Waals surface area contributed by atoms with Crippen LogP contribution < -0.4 is 10.6 Å². The lowest BCUT2D eigenvalue weighted by Gasteiger charge is -2.16. The Bertz CT molecular complexity index is 885. The number of anilines is 1. The van der Waals surface area contributed by atoms with Gasteiger partial charge in [0.2, 0.25) is 0 Å². The average Bonchev–Trinajstić information content (AvgIpc) is 3.19. The minimum absolute atomic E-state index is 0.0219. The van der Waals surface area contributed by atoms with Gasteiger partial charge in [-0.1, -0.05) is 55.0 Å². The smallest absolute Gasteiger partial charge is 0.279 e. The highest BCUT2D eigenvalue weighted by Gasteiger charge is 2.20. The molecule has 0 saturated carbocycles. The highest BCUT2D eigenvalue weighted by Crippen LogP contribution is 2.23. The number of benzene rings is 2. The van der Waals surface area contributed by atoms with Crippen LogP contribution in [0.15, 0.2) is 60.0 Å². The van der Waals surface area contributed by atoms with Crippen LogP contribution in [0.25, 0.3) is 0 Å². The van der Waals surface area contributed by atoms with Crippen molar-refractivity contribution < 1.29 is 10.1 Å². The van der Waals surface area contributed by atoms with E-state index in [1.54, 1.807) is 11.3 Å². The predicted octanol–water partition coefficient (Wildman–Crippen LogP) is 4.22. The predicted molar refractivity (Wildman–Crippen MR) is 113 cm³/mol. The minimum atomic E-state index is 0.0219. The van der Waals surface area contributed by atoms with Crippen molar-refractivity contribution in [3.05, 3.63) is 87.1 Å². The molecular weight excluding hydrogens is 352 g/mol. The highest BCUT2D eigenvalue weighted by molar-refractivity contribution is 7.10. The Kier molecular flexibility index (Phi) is 6.43. The minimum Gasteiger partial charge on any atom is -0.328 e. The van der Waals surface area contributed by atoms with E-state index in [0.29, 0.717) is 6.54 Å². The molecule has 0 fully saturated rings. The zero-order chi connectivity index (χ0) is 19.2. The molecule has 0 spiro atoms. The second kappa shape index (κ2) is 8.98. The van der Waals surface area contributed by atoms with Crippen LogP contribution >= 0.6 is 11.3 Å². The number of nitrogens with one attached hydrogen (secondary N) is 1. The van der Waals surface area contributed by atoms with E-state index in [1.807, 2.05) is 19.1 Å². The number of hydrogen-bond donors (Lipinski definition) is 2. The molecule has 0 radical (unpaired) electrons. The molecule has 0 aliphatic carbocycles. The fourth-order valence-electron chi connectivity index (χ4n) is 3.23. The van der Waals surface area contributed by atoms with E-state index in [0.717, 1.165) is 17.7 Å². The van der Waals surface area contributed by atoms with E-state index >= 15 is 0 Å². The molecule has 4 heteroatoms. The number of nitrogens with two attached hydrogens (primary N) is 1. The van der Waals surface area contributed by atoms with Crippen LogP contribution in [0.4, 0.5) is 5.69 Å². The largest absolute Gasteiger partial charge is 0.328 e. The maximum atomic E-state index is 12.5. The van der Waals surface area contributed by atoms with E-state index in [9.17, 15) is 4.79 Å². The summed E-state index contributed by atoms with van der Waals surface area (Å²) in [6.07, 6.45) is 1.03. The molecule has 1 atom stereocenters. The van der Waals surface area contributed by atoms with Crippen LogP contribution in [-0.4, -0.2) is 12.5 Å². The van der Waals surface area contributed by atoms with Gasteiger partial charge in [0.15, 0.2) is 6.54 Å². The summed E-state index contributed by atoms with van der Waals surface area (Å²) in [4.78, 5) is 13.8. The van der Waals surface area contributed by atoms with Crippen LogP contribution in [0.2, 0.25) is 0 Å². The second-order valence-corrected chi connectivity index (χ2v) is 7.87. The quantitative estimate of drug-likeness (QED) is 0.634. The van der Waals surface area contributed by atoms with Gasteiger partial charge in [-0.25, -0.2) is 0 Å². The van der Waals surface area contributed by atoms with E-state index in [2.05, 4.69) is 72.3 Å². The summed E-state index contributed by atoms with van der Waals surface area (Å²) in [5.74, 6) is 0.0219. The number of amides is 1. The number of carbonyl (C=O) groups is 1. The van der Waals surface area contributed by atoms with Crippen LogP contribution in [0.3, 0.4) is 0 Å². The molecule has 140 valence electrons. The Hall–Kier alpha value is -2.43. The summed E-state index contributed by atoms with van der Waals surface area (Å²) in [7, 11) is 0. The van der Waals surface area contributed by atoms with Crippen molar-refractivity contribution in [2.75, 3.05) is 11.9 Å². The molecule has 1 aromatic heterocycles. The Morgan fingerprint density at radius 1 is 1.11 bits per heavy atom. The fourth-order valence-corrected chi connectivity index (χ4v) is 4.08. The van der Waals surface area contributed by atoms with Crippen LogP contribution in [0.1, 0.15) is 40.1 Å². The zero-order valence-electron chi connectivity index (χ0n) is 16.2.